The number of aliphatic hydroxyl groups is 1. The van der Waals surface area contributed by atoms with Crippen LogP contribution < -0.4 is 0 Å². The van der Waals surface area contributed by atoms with Crippen molar-refractivity contribution in [1.29, 1.82) is 0 Å². The van der Waals surface area contributed by atoms with Crippen LogP contribution in [0.5, 0.6) is 0 Å². The number of ether oxygens (including phenoxy) is 1. The van der Waals surface area contributed by atoms with E-state index in [-0.39, 0.29) is 12.5 Å². The van der Waals surface area contributed by atoms with Crippen molar-refractivity contribution in [2.24, 2.45) is 0 Å². The molecule has 0 saturated carbocycles. The summed E-state index contributed by atoms with van der Waals surface area (Å²) in [7, 11) is 1.47. The average molecular weight is 501 g/mol. The second kappa shape index (κ2) is 10.4. The number of aliphatic hydroxyl groups excluding tert-OH is 1. The Balaban J connectivity index is 2.02. The number of hydrogen-bond donors (Lipinski definition) is 1. The normalized spacial score (nSPS) is 18.3. The quantitative estimate of drug-likeness (QED) is 0.431. The number of nitrogens with zero attached hydrogens (tertiary/aromatic N) is 2. The molecule has 4 rings (SSSR count). The molecule has 3 aromatic rings. The number of hydroxylamine groups is 2. The van der Waals surface area contributed by atoms with Gasteiger partial charge in [-0.2, -0.15) is 0 Å². The van der Waals surface area contributed by atoms with Crippen molar-refractivity contribution in [3.8, 4) is 11.1 Å². The first-order valence-corrected chi connectivity index (χ1v) is 11.8. The fourth-order valence-electron chi connectivity index (χ4n) is 4.84. The number of amides is 1. The predicted octanol–water partition coefficient (Wildman–Crippen LogP) is 5.30. The van der Waals surface area contributed by atoms with E-state index in [2.05, 4.69) is 4.98 Å². The van der Waals surface area contributed by atoms with Crippen LogP contribution in [-0.4, -0.2) is 47.5 Å². The van der Waals surface area contributed by atoms with Gasteiger partial charge in [0.15, 0.2) is 0 Å². The topological polar surface area (TPSA) is 71.9 Å². The van der Waals surface area contributed by atoms with Crippen LogP contribution in [0.2, 0.25) is 10.0 Å². The lowest BCUT2D eigenvalue weighted by Gasteiger charge is -2.43. The minimum Gasteiger partial charge on any atom is -0.396 e. The van der Waals surface area contributed by atoms with E-state index in [1.807, 2.05) is 49.4 Å². The molecule has 8 heteroatoms. The third kappa shape index (κ3) is 4.32. The van der Waals surface area contributed by atoms with Gasteiger partial charge in [-0.15, -0.1) is 0 Å². The average Bonchev–Trinajstić information content (AvgIpc) is 3.09. The lowest BCUT2D eigenvalue weighted by Crippen LogP contribution is -2.54. The molecular weight excluding hydrogens is 475 g/mol. The molecule has 0 spiro atoms. The van der Waals surface area contributed by atoms with Crippen molar-refractivity contribution in [1.82, 2.24) is 10.0 Å². The maximum absolute atomic E-state index is 13.7. The first-order chi connectivity index (χ1) is 16.5. The fraction of sp³-hybridized carbons (Fsp3) is 0.308. The van der Waals surface area contributed by atoms with Gasteiger partial charge in [-0.3, -0.25) is 14.6 Å². The lowest BCUT2D eigenvalue weighted by molar-refractivity contribution is -0.203. The number of halogens is 2. The summed E-state index contributed by atoms with van der Waals surface area (Å²) in [6.07, 6.45) is 1.60. The third-order valence-corrected chi connectivity index (χ3v) is 6.62. The van der Waals surface area contributed by atoms with Crippen molar-refractivity contribution in [2.45, 2.75) is 31.4 Å². The summed E-state index contributed by atoms with van der Waals surface area (Å²) in [6.45, 7) is 2.16. The zero-order valence-corrected chi connectivity index (χ0v) is 20.5. The summed E-state index contributed by atoms with van der Waals surface area (Å²) in [5.74, 6) is -0.273. The molecule has 178 valence electrons. The van der Waals surface area contributed by atoms with Crippen molar-refractivity contribution >= 4 is 29.1 Å². The first-order valence-electron chi connectivity index (χ1n) is 11.1. The van der Waals surface area contributed by atoms with Gasteiger partial charge >= 0.3 is 0 Å². The number of benzene rings is 2. The Morgan fingerprint density at radius 1 is 1.06 bits per heavy atom. The highest BCUT2D eigenvalue weighted by molar-refractivity contribution is 6.30. The Bertz CT molecular complexity index is 1150. The van der Waals surface area contributed by atoms with Crippen LogP contribution in [0.1, 0.15) is 35.0 Å². The smallest absolute Gasteiger partial charge is 0.278 e. The Kier molecular flexibility index (Phi) is 7.55. The Morgan fingerprint density at radius 3 is 2.38 bits per heavy atom. The minimum absolute atomic E-state index is 0.120. The maximum atomic E-state index is 13.7. The molecule has 1 aliphatic rings. The van der Waals surface area contributed by atoms with Gasteiger partial charge in [0.05, 0.1) is 18.2 Å². The Hall–Kier alpha value is -2.48. The summed E-state index contributed by atoms with van der Waals surface area (Å²) < 4.78 is 6.20. The number of rotatable bonds is 9. The predicted molar refractivity (Wildman–Crippen MR) is 132 cm³/mol. The molecule has 1 unspecified atom stereocenters. The SMILES string of the molecule is CCOC(CCO)[C@@]1(Cc2ccc(Cl)cn2)c2c(cccc2-c2ccc(Cl)cc2)C(=O)N1OC. The molecule has 0 radical (unpaired) electrons. The molecular formula is C26H26Cl2N2O4. The zero-order chi connectivity index (χ0) is 24.3. The van der Waals surface area contributed by atoms with Crippen molar-refractivity contribution < 1.29 is 19.5 Å². The van der Waals surface area contributed by atoms with Gasteiger partial charge in [0.2, 0.25) is 0 Å². The summed E-state index contributed by atoms with van der Waals surface area (Å²) >= 11 is 12.2. The largest absolute Gasteiger partial charge is 0.396 e. The number of pyridine rings is 1. The highest BCUT2D eigenvalue weighted by Gasteiger charge is 2.57. The summed E-state index contributed by atoms with van der Waals surface area (Å²) in [6, 6.07) is 16.7. The summed E-state index contributed by atoms with van der Waals surface area (Å²) in [5.41, 5.74) is 2.68. The number of hydrogen-bond acceptors (Lipinski definition) is 5. The molecule has 34 heavy (non-hydrogen) atoms. The van der Waals surface area contributed by atoms with Crippen molar-refractivity contribution in [3.63, 3.8) is 0 Å². The van der Waals surface area contributed by atoms with E-state index in [0.29, 0.717) is 40.8 Å². The molecule has 2 heterocycles. The monoisotopic (exact) mass is 500 g/mol. The number of aromatic nitrogens is 1. The standard InChI is InChI=1S/C26H26Cl2N2O4/c1-3-34-23(13-14-31)26(15-20-12-11-19(28)16-29-20)24-21(17-7-9-18(27)10-8-17)5-4-6-22(24)25(32)30(26)33-2/h4-12,16,23,31H,3,13-15H2,1-2H3/t23?,26-/m0/s1. The molecule has 2 atom stereocenters. The van der Waals surface area contributed by atoms with E-state index >= 15 is 0 Å². The molecule has 0 fully saturated rings. The fourth-order valence-corrected chi connectivity index (χ4v) is 5.07. The van der Waals surface area contributed by atoms with E-state index in [9.17, 15) is 9.90 Å². The van der Waals surface area contributed by atoms with E-state index in [1.165, 1.54) is 12.2 Å². The molecule has 0 saturated heterocycles. The zero-order valence-electron chi connectivity index (χ0n) is 19.0. The van der Waals surface area contributed by atoms with Gasteiger partial charge in [-0.05, 0) is 54.8 Å². The second-order valence-electron chi connectivity index (χ2n) is 8.04. The van der Waals surface area contributed by atoms with Crippen LogP contribution >= 0.6 is 23.2 Å². The number of carbonyl (C=O) groups is 1. The third-order valence-electron chi connectivity index (χ3n) is 6.14. The van der Waals surface area contributed by atoms with Gasteiger partial charge in [0.1, 0.15) is 5.54 Å². The summed E-state index contributed by atoms with van der Waals surface area (Å²) in [4.78, 5) is 23.9. The van der Waals surface area contributed by atoms with Crippen LogP contribution in [0.15, 0.2) is 60.8 Å². The van der Waals surface area contributed by atoms with E-state index in [1.54, 1.807) is 18.3 Å². The minimum atomic E-state index is -1.09. The second-order valence-corrected chi connectivity index (χ2v) is 8.92. The van der Waals surface area contributed by atoms with Gasteiger partial charge in [-0.25, -0.2) is 5.06 Å². The van der Waals surface area contributed by atoms with Crippen LogP contribution in [0.4, 0.5) is 0 Å². The molecule has 0 aliphatic carbocycles. The Morgan fingerprint density at radius 2 is 1.76 bits per heavy atom. The van der Waals surface area contributed by atoms with Crippen molar-refractivity contribution in [2.75, 3.05) is 20.3 Å². The van der Waals surface area contributed by atoms with E-state index in [0.717, 1.165) is 16.7 Å². The molecule has 6 nitrogen and oxygen atoms in total. The molecule has 2 aromatic carbocycles. The first kappa shape index (κ1) is 24.6. The van der Waals surface area contributed by atoms with Gasteiger partial charge < -0.3 is 9.84 Å². The van der Waals surface area contributed by atoms with Gasteiger partial charge in [-0.1, -0.05) is 47.5 Å². The maximum Gasteiger partial charge on any atom is 0.278 e. The Labute approximate surface area is 209 Å². The van der Waals surface area contributed by atoms with Crippen molar-refractivity contribution in [3.05, 3.63) is 87.7 Å². The molecule has 1 aliphatic heterocycles. The highest BCUT2D eigenvalue weighted by atomic mass is 35.5. The van der Waals surface area contributed by atoms with Crippen LogP contribution in [0.25, 0.3) is 11.1 Å². The van der Waals surface area contributed by atoms with Gasteiger partial charge in [0.25, 0.3) is 5.91 Å². The number of fused-ring (bicyclic) bond motifs is 1. The lowest BCUT2D eigenvalue weighted by atomic mass is 9.76. The molecule has 1 amide bonds. The highest BCUT2D eigenvalue weighted by Crippen LogP contribution is 2.50. The molecule has 0 bridgehead atoms. The van der Waals surface area contributed by atoms with Crippen LogP contribution in [-0.2, 0) is 21.5 Å². The van der Waals surface area contributed by atoms with Crippen LogP contribution in [0.3, 0.4) is 0 Å². The molecule has 1 aromatic heterocycles. The van der Waals surface area contributed by atoms with Crippen LogP contribution in [0, 0.1) is 0 Å². The van der Waals surface area contributed by atoms with E-state index < -0.39 is 11.6 Å². The van der Waals surface area contributed by atoms with E-state index in [4.69, 9.17) is 32.8 Å². The molecule has 1 N–H and O–H groups in total. The van der Waals surface area contributed by atoms with Gasteiger partial charge in [0, 0.05) is 47.7 Å². The summed E-state index contributed by atoms with van der Waals surface area (Å²) in [5, 5.41) is 12.5. The number of carbonyl (C=O) groups excluding carboxylic acids is 1.